The second-order valence-electron chi connectivity index (χ2n) is 5.34. The molecule has 1 aliphatic rings. The summed E-state index contributed by atoms with van der Waals surface area (Å²) < 4.78 is 0. The number of hydrogen-bond donors (Lipinski definition) is 0. The highest BCUT2D eigenvalue weighted by Crippen LogP contribution is 2.22. The third kappa shape index (κ3) is 3.02. The van der Waals surface area contributed by atoms with Crippen LogP contribution in [-0.4, -0.2) is 23.6 Å². The Labute approximate surface area is 125 Å². The minimum absolute atomic E-state index is 0.367. The molecule has 0 N–H and O–H groups in total. The molecule has 1 atom stereocenters. The van der Waals surface area contributed by atoms with E-state index in [1.54, 1.807) is 0 Å². The molecule has 1 aliphatic heterocycles. The summed E-state index contributed by atoms with van der Waals surface area (Å²) in [5, 5.41) is 6.63. The molecule has 21 heavy (non-hydrogen) atoms. The smallest absolute Gasteiger partial charge is 0.126 e. The molecule has 3 rings (SSSR count). The number of nitrogens with zero attached hydrogens (tertiary/aromatic N) is 3. The molecule has 0 aliphatic carbocycles. The van der Waals surface area contributed by atoms with Crippen molar-refractivity contribution in [3.8, 4) is 0 Å². The van der Waals surface area contributed by atoms with Crippen LogP contribution >= 0.6 is 0 Å². The number of aliphatic imine (C=N–C) groups is 1. The van der Waals surface area contributed by atoms with Gasteiger partial charge in [0.15, 0.2) is 0 Å². The van der Waals surface area contributed by atoms with Crippen LogP contribution in [0.5, 0.6) is 0 Å². The second-order valence-corrected chi connectivity index (χ2v) is 5.34. The fourth-order valence-electron chi connectivity index (χ4n) is 2.54. The molecule has 0 saturated carbocycles. The first-order valence-corrected chi connectivity index (χ1v) is 7.24. The van der Waals surface area contributed by atoms with E-state index in [4.69, 9.17) is 10.1 Å². The first kappa shape index (κ1) is 13.6. The Morgan fingerprint density at radius 2 is 1.62 bits per heavy atom. The van der Waals surface area contributed by atoms with E-state index in [0.29, 0.717) is 5.92 Å². The Bertz CT molecular complexity index is 659. The minimum atomic E-state index is 0.367. The summed E-state index contributed by atoms with van der Waals surface area (Å²) in [5.74, 6) is 1.37. The Morgan fingerprint density at radius 1 is 1.00 bits per heavy atom. The molecule has 106 valence electrons. The average Bonchev–Trinajstić information content (AvgIpc) is 2.52. The van der Waals surface area contributed by atoms with Gasteiger partial charge in [0.1, 0.15) is 5.84 Å². The van der Waals surface area contributed by atoms with Gasteiger partial charge in [-0.3, -0.25) is 5.01 Å². The third-order valence-electron chi connectivity index (χ3n) is 3.67. The maximum Gasteiger partial charge on any atom is 0.126 e. The predicted octanol–water partition coefficient (Wildman–Crippen LogP) is 4.09. The Kier molecular flexibility index (Phi) is 3.82. The summed E-state index contributed by atoms with van der Waals surface area (Å²) in [7, 11) is 1.97. The van der Waals surface area contributed by atoms with Gasteiger partial charge >= 0.3 is 0 Å². The largest absolute Gasteiger partial charge is 0.254 e. The van der Waals surface area contributed by atoms with Gasteiger partial charge in [0, 0.05) is 19.4 Å². The van der Waals surface area contributed by atoms with Gasteiger partial charge in [-0.1, -0.05) is 55.5 Å². The molecule has 1 unspecified atom stereocenters. The number of benzene rings is 2. The summed E-state index contributed by atoms with van der Waals surface area (Å²) in [6, 6.07) is 20.4. The van der Waals surface area contributed by atoms with Crippen molar-refractivity contribution in [1.29, 1.82) is 0 Å². The number of para-hydroxylation sites is 1. The predicted molar refractivity (Wildman–Crippen MR) is 88.1 cm³/mol. The maximum atomic E-state index is 4.73. The van der Waals surface area contributed by atoms with Crippen molar-refractivity contribution in [3.63, 3.8) is 0 Å². The zero-order valence-electron chi connectivity index (χ0n) is 12.4. The van der Waals surface area contributed by atoms with Crippen molar-refractivity contribution >= 4 is 17.2 Å². The van der Waals surface area contributed by atoms with Crippen LogP contribution in [0.3, 0.4) is 0 Å². The zero-order valence-corrected chi connectivity index (χ0v) is 12.4. The summed E-state index contributed by atoms with van der Waals surface area (Å²) >= 11 is 0. The fraction of sp³-hybridized carbons (Fsp3) is 0.222. The molecule has 1 heterocycles. The van der Waals surface area contributed by atoms with Gasteiger partial charge in [-0.25, -0.2) is 4.99 Å². The van der Waals surface area contributed by atoms with E-state index in [0.717, 1.165) is 23.7 Å². The summed E-state index contributed by atoms with van der Waals surface area (Å²) in [6.07, 6.45) is 0.902. The van der Waals surface area contributed by atoms with Gasteiger partial charge in [-0.2, -0.15) is 5.10 Å². The quantitative estimate of drug-likeness (QED) is 0.812. The monoisotopic (exact) mass is 277 g/mol. The van der Waals surface area contributed by atoms with Crippen molar-refractivity contribution in [3.05, 3.63) is 66.2 Å². The van der Waals surface area contributed by atoms with Crippen LogP contribution in [0, 0.1) is 5.92 Å². The minimum Gasteiger partial charge on any atom is -0.254 e. The fourth-order valence-corrected chi connectivity index (χ4v) is 2.54. The van der Waals surface area contributed by atoms with Crippen molar-refractivity contribution in [1.82, 2.24) is 5.01 Å². The number of rotatable bonds is 2. The van der Waals surface area contributed by atoms with Gasteiger partial charge in [0.25, 0.3) is 0 Å². The van der Waals surface area contributed by atoms with Crippen molar-refractivity contribution < 1.29 is 0 Å². The average molecular weight is 277 g/mol. The Hall–Kier alpha value is -2.42. The molecular weight excluding hydrogens is 258 g/mol. The molecular formula is C18H19N3. The molecule has 0 radical (unpaired) electrons. The second kappa shape index (κ2) is 5.92. The SMILES string of the molecule is CC1CC(=Nc2ccccc2)N(C)N=C1c1ccccc1. The van der Waals surface area contributed by atoms with Gasteiger partial charge in [0.2, 0.25) is 0 Å². The van der Waals surface area contributed by atoms with Gasteiger partial charge in [-0.15, -0.1) is 0 Å². The standard InChI is InChI=1S/C18H19N3/c1-14-13-17(19-16-11-7-4-8-12-16)21(2)20-18(14)15-9-5-3-6-10-15/h3-12,14H,13H2,1-2H3. The molecule has 3 nitrogen and oxygen atoms in total. The molecule has 0 spiro atoms. The van der Waals surface area contributed by atoms with E-state index in [9.17, 15) is 0 Å². The molecule has 0 fully saturated rings. The van der Waals surface area contributed by atoms with Crippen molar-refractivity contribution in [2.75, 3.05) is 7.05 Å². The Morgan fingerprint density at radius 3 is 2.29 bits per heavy atom. The first-order valence-electron chi connectivity index (χ1n) is 7.24. The normalized spacial score (nSPS) is 20.5. The van der Waals surface area contributed by atoms with Crippen molar-refractivity contribution in [2.24, 2.45) is 16.0 Å². The molecule has 0 saturated heterocycles. The summed E-state index contributed by atoms with van der Waals surface area (Å²) in [5.41, 5.74) is 3.30. The number of hydrazone groups is 1. The van der Waals surface area contributed by atoms with E-state index in [-0.39, 0.29) is 0 Å². The topological polar surface area (TPSA) is 28.0 Å². The number of hydrogen-bond acceptors (Lipinski definition) is 2. The van der Waals surface area contributed by atoms with Crippen LogP contribution in [-0.2, 0) is 0 Å². The van der Waals surface area contributed by atoms with Gasteiger partial charge in [-0.05, 0) is 17.7 Å². The lowest BCUT2D eigenvalue weighted by molar-refractivity contribution is 0.493. The lowest BCUT2D eigenvalue weighted by Gasteiger charge is -2.28. The molecule has 0 bridgehead atoms. The summed E-state index contributed by atoms with van der Waals surface area (Å²) in [4.78, 5) is 4.71. The number of amidine groups is 1. The van der Waals surface area contributed by atoms with Crippen molar-refractivity contribution in [2.45, 2.75) is 13.3 Å². The highest BCUT2D eigenvalue weighted by molar-refractivity contribution is 6.06. The van der Waals surface area contributed by atoms with Crippen LogP contribution < -0.4 is 0 Å². The Balaban J connectivity index is 1.90. The third-order valence-corrected chi connectivity index (χ3v) is 3.67. The van der Waals surface area contributed by atoms with E-state index in [1.807, 2.05) is 48.5 Å². The highest BCUT2D eigenvalue weighted by atomic mass is 15.5. The molecule has 0 amide bonds. The maximum absolute atomic E-state index is 4.73. The van der Waals surface area contributed by atoms with E-state index >= 15 is 0 Å². The highest BCUT2D eigenvalue weighted by Gasteiger charge is 2.23. The van der Waals surface area contributed by atoms with Crippen LogP contribution in [0.15, 0.2) is 70.8 Å². The zero-order chi connectivity index (χ0) is 14.7. The first-order chi connectivity index (χ1) is 10.2. The van der Waals surface area contributed by atoms with Crippen LogP contribution in [0.1, 0.15) is 18.9 Å². The van der Waals surface area contributed by atoms with E-state index in [1.165, 1.54) is 5.56 Å². The van der Waals surface area contributed by atoms with Crippen LogP contribution in [0.4, 0.5) is 5.69 Å². The lowest BCUT2D eigenvalue weighted by atomic mass is 9.93. The summed E-state index contributed by atoms with van der Waals surface area (Å²) in [6.45, 7) is 2.21. The van der Waals surface area contributed by atoms with E-state index in [2.05, 4.69) is 31.2 Å². The molecule has 2 aromatic carbocycles. The van der Waals surface area contributed by atoms with Crippen LogP contribution in [0.2, 0.25) is 0 Å². The molecule has 0 aromatic heterocycles. The van der Waals surface area contributed by atoms with E-state index < -0.39 is 0 Å². The molecule has 3 heteroatoms. The van der Waals surface area contributed by atoms with Gasteiger partial charge in [0.05, 0.1) is 11.4 Å². The van der Waals surface area contributed by atoms with Crippen LogP contribution in [0.25, 0.3) is 0 Å². The lowest BCUT2D eigenvalue weighted by Crippen LogP contribution is -2.33. The molecule has 2 aromatic rings. The van der Waals surface area contributed by atoms with Gasteiger partial charge < -0.3 is 0 Å².